The van der Waals surface area contributed by atoms with Crippen LogP contribution in [-0.4, -0.2) is 11.2 Å². The summed E-state index contributed by atoms with van der Waals surface area (Å²) in [7, 11) is 0. The lowest BCUT2D eigenvalue weighted by Gasteiger charge is -2.01. The fraction of sp³-hybridized carbons (Fsp3) is 0.125. The first kappa shape index (κ1) is 9.44. The second kappa shape index (κ2) is 3.84. The van der Waals surface area contributed by atoms with Gasteiger partial charge in [-0.3, -0.25) is 0 Å². The van der Waals surface area contributed by atoms with Gasteiger partial charge in [0.05, 0.1) is 0 Å². The number of nitrogens with one attached hydrogen (secondary N) is 1. The van der Waals surface area contributed by atoms with E-state index in [1.165, 1.54) is 6.07 Å². The van der Waals surface area contributed by atoms with Crippen molar-refractivity contribution < 1.29 is 18.7 Å². The van der Waals surface area contributed by atoms with Crippen LogP contribution in [0.1, 0.15) is 5.56 Å². The molecule has 2 N–H and O–H groups in total. The topological polar surface area (TPSA) is 49.3 Å². The second-order valence-corrected chi connectivity index (χ2v) is 2.41. The number of carbonyl (C=O) groups is 1. The third-order valence-corrected chi connectivity index (χ3v) is 1.43. The van der Waals surface area contributed by atoms with Crippen molar-refractivity contribution in [2.45, 2.75) is 6.54 Å². The monoisotopic (exact) mass is 187 g/mol. The van der Waals surface area contributed by atoms with E-state index < -0.39 is 17.7 Å². The van der Waals surface area contributed by atoms with E-state index in [0.717, 1.165) is 12.1 Å². The number of hydrogen-bond acceptors (Lipinski definition) is 1. The highest BCUT2D eigenvalue weighted by molar-refractivity contribution is 5.64. The Morgan fingerprint density at radius 2 is 2.08 bits per heavy atom. The average molecular weight is 187 g/mol. The molecule has 13 heavy (non-hydrogen) atoms. The minimum Gasteiger partial charge on any atom is -0.465 e. The van der Waals surface area contributed by atoms with Crippen LogP contribution < -0.4 is 5.32 Å². The fourth-order valence-corrected chi connectivity index (χ4v) is 0.827. The molecule has 0 saturated carbocycles. The van der Waals surface area contributed by atoms with Gasteiger partial charge in [0.25, 0.3) is 0 Å². The minimum atomic E-state index is -1.20. The number of benzene rings is 1. The molecule has 0 heterocycles. The number of carboxylic acid groups (broad SMARTS) is 1. The molecule has 0 aromatic heterocycles. The van der Waals surface area contributed by atoms with Crippen molar-refractivity contribution in [1.82, 2.24) is 5.32 Å². The van der Waals surface area contributed by atoms with Crippen LogP contribution in [-0.2, 0) is 6.54 Å². The van der Waals surface area contributed by atoms with Crippen LogP contribution in [0.25, 0.3) is 0 Å². The normalized spacial score (nSPS) is 9.69. The van der Waals surface area contributed by atoms with Gasteiger partial charge >= 0.3 is 6.09 Å². The summed E-state index contributed by atoms with van der Waals surface area (Å²) in [4.78, 5) is 10.0. The van der Waals surface area contributed by atoms with Crippen molar-refractivity contribution >= 4 is 6.09 Å². The molecule has 70 valence electrons. The highest BCUT2D eigenvalue weighted by atomic mass is 19.2. The zero-order valence-electron chi connectivity index (χ0n) is 6.55. The molecule has 0 radical (unpaired) electrons. The Hall–Kier alpha value is -1.65. The van der Waals surface area contributed by atoms with Gasteiger partial charge in [-0.1, -0.05) is 6.07 Å². The summed E-state index contributed by atoms with van der Waals surface area (Å²) in [5.41, 5.74) is 0.376. The Kier molecular flexibility index (Phi) is 2.79. The molecule has 3 nitrogen and oxygen atoms in total. The Labute approximate surface area is 73.0 Å². The molecule has 5 heteroatoms. The van der Waals surface area contributed by atoms with E-state index in [0.29, 0.717) is 5.56 Å². The fourth-order valence-electron chi connectivity index (χ4n) is 0.827. The Bertz CT molecular complexity index is 328. The molecular formula is C8H7F2NO2. The van der Waals surface area contributed by atoms with E-state index in [-0.39, 0.29) is 6.54 Å². The molecule has 1 amide bonds. The van der Waals surface area contributed by atoms with Gasteiger partial charge in [0.1, 0.15) is 0 Å². The Balaban J connectivity index is 2.68. The first-order chi connectivity index (χ1) is 6.09. The summed E-state index contributed by atoms with van der Waals surface area (Å²) >= 11 is 0. The molecule has 0 bridgehead atoms. The lowest BCUT2D eigenvalue weighted by atomic mass is 10.2. The molecular weight excluding hydrogens is 180 g/mol. The van der Waals surface area contributed by atoms with E-state index >= 15 is 0 Å². The van der Waals surface area contributed by atoms with Crippen LogP contribution >= 0.6 is 0 Å². The molecule has 0 atom stereocenters. The zero-order chi connectivity index (χ0) is 9.84. The van der Waals surface area contributed by atoms with E-state index in [4.69, 9.17) is 5.11 Å². The maximum atomic E-state index is 12.6. The van der Waals surface area contributed by atoms with Crippen molar-refractivity contribution in [3.63, 3.8) is 0 Å². The molecule has 0 unspecified atom stereocenters. The minimum absolute atomic E-state index is 0.0352. The standard InChI is InChI=1S/C8H7F2NO2/c9-6-2-1-5(3-7(6)10)4-11-8(12)13/h1-3,11H,4H2,(H,12,13). The first-order valence-electron chi connectivity index (χ1n) is 3.50. The summed E-state index contributed by atoms with van der Waals surface area (Å²) < 4.78 is 24.9. The van der Waals surface area contributed by atoms with Crippen LogP contribution in [0, 0.1) is 11.6 Å². The number of amides is 1. The molecule has 0 aliphatic rings. The van der Waals surface area contributed by atoms with Gasteiger partial charge in [-0.2, -0.15) is 0 Å². The Morgan fingerprint density at radius 1 is 1.38 bits per heavy atom. The van der Waals surface area contributed by atoms with E-state index in [1.807, 2.05) is 5.32 Å². The van der Waals surface area contributed by atoms with Crippen molar-refractivity contribution in [2.24, 2.45) is 0 Å². The smallest absolute Gasteiger partial charge is 0.404 e. The quantitative estimate of drug-likeness (QED) is 0.740. The largest absolute Gasteiger partial charge is 0.465 e. The van der Waals surface area contributed by atoms with Gasteiger partial charge in [-0.25, -0.2) is 13.6 Å². The first-order valence-corrected chi connectivity index (χ1v) is 3.50. The lowest BCUT2D eigenvalue weighted by Crippen LogP contribution is -2.19. The second-order valence-electron chi connectivity index (χ2n) is 2.41. The van der Waals surface area contributed by atoms with Gasteiger partial charge in [-0.05, 0) is 17.7 Å². The molecule has 0 spiro atoms. The van der Waals surface area contributed by atoms with Gasteiger partial charge in [-0.15, -0.1) is 0 Å². The van der Waals surface area contributed by atoms with Crippen molar-refractivity contribution in [3.8, 4) is 0 Å². The van der Waals surface area contributed by atoms with Crippen LogP contribution in [0.2, 0.25) is 0 Å². The van der Waals surface area contributed by atoms with Crippen LogP contribution in [0.4, 0.5) is 13.6 Å². The predicted octanol–water partition coefficient (Wildman–Crippen LogP) is 1.73. The molecule has 1 aromatic rings. The molecule has 1 rings (SSSR count). The highest BCUT2D eigenvalue weighted by Crippen LogP contribution is 2.07. The van der Waals surface area contributed by atoms with Crippen molar-refractivity contribution in [1.29, 1.82) is 0 Å². The molecule has 0 aliphatic heterocycles. The number of hydrogen-bond donors (Lipinski definition) is 2. The molecule has 1 aromatic carbocycles. The lowest BCUT2D eigenvalue weighted by molar-refractivity contribution is 0.194. The number of rotatable bonds is 2. The Morgan fingerprint density at radius 3 is 2.62 bits per heavy atom. The van der Waals surface area contributed by atoms with Gasteiger partial charge in [0.2, 0.25) is 0 Å². The SMILES string of the molecule is O=C(O)NCc1ccc(F)c(F)c1. The van der Waals surface area contributed by atoms with Gasteiger partial charge in [0.15, 0.2) is 11.6 Å². The summed E-state index contributed by atoms with van der Waals surface area (Å²) in [6, 6.07) is 3.22. The molecule has 0 aliphatic carbocycles. The van der Waals surface area contributed by atoms with Crippen LogP contribution in [0.15, 0.2) is 18.2 Å². The van der Waals surface area contributed by atoms with Crippen molar-refractivity contribution in [3.05, 3.63) is 35.4 Å². The molecule has 0 saturated heterocycles. The summed E-state index contributed by atoms with van der Waals surface area (Å²) in [6.45, 7) is -0.0352. The van der Waals surface area contributed by atoms with Crippen molar-refractivity contribution in [2.75, 3.05) is 0 Å². The van der Waals surface area contributed by atoms with E-state index in [2.05, 4.69) is 0 Å². The third kappa shape index (κ3) is 2.70. The summed E-state index contributed by atoms with van der Waals surface area (Å²) in [5.74, 6) is -1.93. The van der Waals surface area contributed by atoms with Gasteiger partial charge < -0.3 is 10.4 Å². The van der Waals surface area contributed by atoms with Crippen LogP contribution in [0.3, 0.4) is 0 Å². The van der Waals surface area contributed by atoms with Gasteiger partial charge in [0, 0.05) is 6.54 Å². The number of halogens is 2. The zero-order valence-corrected chi connectivity index (χ0v) is 6.55. The maximum absolute atomic E-state index is 12.6. The summed E-state index contributed by atoms with van der Waals surface area (Å²) in [6.07, 6.45) is -1.20. The highest BCUT2D eigenvalue weighted by Gasteiger charge is 2.02. The summed E-state index contributed by atoms with van der Waals surface area (Å²) in [5, 5.41) is 10.3. The third-order valence-electron chi connectivity index (χ3n) is 1.43. The molecule has 0 fully saturated rings. The predicted molar refractivity (Wildman–Crippen MR) is 41.2 cm³/mol. The van der Waals surface area contributed by atoms with Crippen LogP contribution in [0.5, 0.6) is 0 Å². The maximum Gasteiger partial charge on any atom is 0.404 e. The van der Waals surface area contributed by atoms with E-state index in [1.54, 1.807) is 0 Å². The average Bonchev–Trinajstić information content (AvgIpc) is 2.07. The van der Waals surface area contributed by atoms with E-state index in [9.17, 15) is 13.6 Å².